The second-order valence-corrected chi connectivity index (χ2v) is 19.2. The molecule has 3 heterocycles. The molecule has 15 aromatic rings. The van der Waals surface area contributed by atoms with Crippen LogP contribution in [0.15, 0.2) is 237 Å². The Bertz CT molecular complexity index is 4380. The summed E-state index contributed by atoms with van der Waals surface area (Å²) in [6.45, 7) is 0. The van der Waals surface area contributed by atoms with Crippen LogP contribution in [0.2, 0.25) is 0 Å². The van der Waals surface area contributed by atoms with E-state index in [1.54, 1.807) is 0 Å². The van der Waals surface area contributed by atoms with Gasteiger partial charge in [0.1, 0.15) is 4.83 Å². The molecule has 0 saturated heterocycles. The molecule has 0 aliphatic heterocycles. The summed E-state index contributed by atoms with van der Waals surface area (Å²) in [5.74, 6) is 0. The zero-order chi connectivity index (χ0) is 44.5. The Hall–Kier alpha value is -8.70. The van der Waals surface area contributed by atoms with Crippen LogP contribution >= 0.6 is 11.3 Å². The molecular formula is C64H39N3S. The van der Waals surface area contributed by atoms with E-state index >= 15 is 0 Å². The first kappa shape index (κ1) is 37.5. The van der Waals surface area contributed by atoms with Crippen LogP contribution in [-0.2, 0) is 0 Å². The molecule has 12 aromatic carbocycles. The maximum absolute atomic E-state index is 2.58. The summed E-state index contributed by atoms with van der Waals surface area (Å²) in [7, 11) is 0. The van der Waals surface area contributed by atoms with Crippen molar-refractivity contribution in [3.63, 3.8) is 0 Å². The zero-order valence-electron chi connectivity index (χ0n) is 36.8. The Labute approximate surface area is 395 Å². The van der Waals surface area contributed by atoms with Gasteiger partial charge in [-0.3, -0.25) is 4.40 Å². The van der Waals surface area contributed by atoms with Crippen molar-refractivity contribution in [3.05, 3.63) is 237 Å². The minimum absolute atomic E-state index is 1.12. The van der Waals surface area contributed by atoms with Crippen LogP contribution in [0.1, 0.15) is 0 Å². The molecule has 0 spiro atoms. The fourth-order valence-corrected chi connectivity index (χ4v) is 12.4. The number of nitrogens with zero attached hydrogens (tertiary/aromatic N) is 3. The molecule has 3 nitrogen and oxygen atoms in total. The minimum atomic E-state index is 1.12. The third kappa shape index (κ3) is 5.59. The van der Waals surface area contributed by atoms with Gasteiger partial charge in [0.25, 0.3) is 0 Å². The third-order valence-corrected chi connectivity index (χ3v) is 15.5. The molecule has 0 amide bonds. The number of hydrogen-bond acceptors (Lipinski definition) is 3. The van der Waals surface area contributed by atoms with Gasteiger partial charge in [-0.15, -0.1) is 11.3 Å². The van der Waals surface area contributed by atoms with Gasteiger partial charge in [-0.2, -0.15) is 0 Å². The molecule has 316 valence electrons. The second-order valence-electron chi connectivity index (χ2n) is 18.2. The maximum atomic E-state index is 2.58. The van der Waals surface area contributed by atoms with Gasteiger partial charge in [-0.05, 0) is 139 Å². The van der Waals surface area contributed by atoms with Crippen molar-refractivity contribution in [1.29, 1.82) is 0 Å². The predicted molar refractivity (Wildman–Crippen MR) is 293 cm³/mol. The Morgan fingerprint density at radius 3 is 1.21 bits per heavy atom. The lowest BCUT2D eigenvalue weighted by Crippen LogP contribution is -2.10. The number of benzene rings is 12. The Kier molecular flexibility index (Phi) is 7.94. The number of rotatable bonds is 6. The second kappa shape index (κ2) is 14.4. The summed E-state index contributed by atoms with van der Waals surface area (Å²) in [5.41, 5.74) is 9.23. The van der Waals surface area contributed by atoms with Gasteiger partial charge in [0, 0.05) is 65.8 Å². The molecule has 0 aliphatic carbocycles. The summed E-state index contributed by atoms with van der Waals surface area (Å²) in [5, 5.41) is 18.7. The first-order valence-corrected chi connectivity index (χ1v) is 24.1. The van der Waals surface area contributed by atoms with Gasteiger partial charge in [-0.25, -0.2) is 0 Å². The highest BCUT2D eigenvalue weighted by Gasteiger charge is 2.26. The lowest BCUT2D eigenvalue weighted by atomic mass is 9.98. The average Bonchev–Trinajstić information content (AvgIpc) is 4.04. The molecular weight excluding hydrogens is 843 g/mol. The molecule has 0 aliphatic rings. The van der Waals surface area contributed by atoms with Gasteiger partial charge < -0.3 is 9.80 Å². The molecule has 4 heteroatoms. The highest BCUT2D eigenvalue weighted by Crippen LogP contribution is 2.51. The van der Waals surface area contributed by atoms with E-state index in [1.807, 2.05) is 11.3 Å². The SMILES string of the molecule is c1ccc2cc(N(c3ccc4ccccc4c3)c3ccc4cc5c6ccc(N(c7ccc8ccccc8c7)c7ccc8ccccc8c7)cc6n6c7sc8ccccc8c7c(c4c3)c56)ccc2c1. The molecule has 68 heavy (non-hydrogen) atoms. The van der Waals surface area contributed by atoms with Gasteiger partial charge in [0.2, 0.25) is 0 Å². The van der Waals surface area contributed by atoms with Crippen molar-refractivity contribution >= 4 is 147 Å². The lowest BCUT2D eigenvalue weighted by Gasteiger charge is -2.26. The largest absolute Gasteiger partial charge is 0.310 e. The number of hydrogen-bond donors (Lipinski definition) is 0. The van der Waals surface area contributed by atoms with Gasteiger partial charge in [0.15, 0.2) is 0 Å². The Balaban J connectivity index is 0.998. The zero-order valence-corrected chi connectivity index (χ0v) is 37.6. The maximum Gasteiger partial charge on any atom is 0.109 e. The van der Waals surface area contributed by atoms with Crippen LogP contribution in [0.25, 0.3) is 101 Å². The number of fused-ring (bicyclic) bond motifs is 14. The highest BCUT2D eigenvalue weighted by molar-refractivity contribution is 7.25. The van der Waals surface area contributed by atoms with E-state index in [1.165, 1.54) is 101 Å². The van der Waals surface area contributed by atoms with Crippen molar-refractivity contribution in [2.24, 2.45) is 0 Å². The van der Waals surface area contributed by atoms with E-state index in [2.05, 4.69) is 251 Å². The first-order chi connectivity index (χ1) is 33.7. The van der Waals surface area contributed by atoms with Crippen molar-refractivity contribution in [2.45, 2.75) is 0 Å². The molecule has 0 saturated carbocycles. The van der Waals surface area contributed by atoms with Crippen molar-refractivity contribution in [1.82, 2.24) is 4.40 Å². The number of anilines is 6. The Morgan fingerprint density at radius 1 is 0.279 bits per heavy atom. The summed E-state index contributed by atoms with van der Waals surface area (Å²) >= 11 is 1.90. The monoisotopic (exact) mass is 881 g/mol. The number of aromatic nitrogens is 1. The van der Waals surface area contributed by atoms with Crippen LogP contribution in [0.3, 0.4) is 0 Å². The van der Waals surface area contributed by atoms with Crippen LogP contribution in [0, 0.1) is 0 Å². The summed E-state index contributed by atoms with van der Waals surface area (Å²) < 4.78 is 3.88. The molecule has 0 radical (unpaired) electrons. The quantitative estimate of drug-likeness (QED) is 0.165. The smallest absolute Gasteiger partial charge is 0.109 e. The molecule has 0 unspecified atom stereocenters. The summed E-state index contributed by atoms with van der Waals surface area (Å²) in [4.78, 5) is 6.15. The molecule has 0 bridgehead atoms. The normalized spacial score (nSPS) is 12.1. The van der Waals surface area contributed by atoms with Gasteiger partial charge >= 0.3 is 0 Å². The Morgan fingerprint density at radius 2 is 0.691 bits per heavy atom. The fourth-order valence-electron chi connectivity index (χ4n) is 11.2. The van der Waals surface area contributed by atoms with E-state index in [-0.39, 0.29) is 0 Å². The van der Waals surface area contributed by atoms with Crippen molar-refractivity contribution in [3.8, 4) is 0 Å². The van der Waals surface area contributed by atoms with E-state index in [9.17, 15) is 0 Å². The van der Waals surface area contributed by atoms with Crippen LogP contribution in [0.5, 0.6) is 0 Å². The molecule has 15 rings (SSSR count). The van der Waals surface area contributed by atoms with Crippen molar-refractivity contribution in [2.75, 3.05) is 9.80 Å². The average molecular weight is 882 g/mol. The van der Waals surface area contributed by atoms with Crippen LogP contribution in [0.4, 0.5) is 34.1 Å². The lowest BCUT2D eigenvalue weighted by molar-refractivity contribution is 1.29. The summed E-state index contributed by atoms with van der Waals surface area (Å²) in [6, 6.07) is 87.6. The number of thiophene rings is 1. The van der Waals surface area contributed by atoms with Crippen LogP contribution in [-0.4, -0.2) is 4.40 Å². The standard InChI is InChI=1S/C64H39N3S/c1-5-15-44-33-49(26-21-40(44)11-1)65(50-27-22-41-12-2-6-16-45(41)34-50)53-30-25-48-37-58-55-32-31-54(39-59(55)67-63(58)61(57(48)38-53)62-56-19-9-10-20-60(56)68-64(62)67)66(51-28-23-42-13-3-7-17-46(42)35-51)52-29-24-43-14-4-8-18-47(43)36-52/h1-39H. The van der Waals surface area contributed by atoms with E-state index in [0.717, 1.165) is 34.1 Å². The molecule has 0 N–H and O–H groups in total. The van der Waals surface area contributed by atoms with Gasteiger partial charge in [-0.1, -0.05) is 152 Å². The van der Waals surface area contributed by atoms with Crippen LogP contribution < -0.4 is 9.80 Å². The molecule has 0 atom stereocenters. The van der Waals surface area contributed by atoms with Gasteiger partial charge in [0.05, 0.1) is 11.0 Å². The fraction of sp³-hybridized carbons (Fsp3) is 0. The van der Waals surface area contributed by atoms with E-state index in [0.29, 0.717) is 0 Å². The topological polar surface area (TPSA) is 10.9 Å². The molecule has 3 aromatic heterocycles. The summed E-state index contributed by atoms with van der Waals surface area (Å²) in [6.07, 6.45) is 0. The first-order valence-electron chi connectivity index (χ1n) is 23.3. The highest BCUT2D eigenvalue weighted by atomic mass is 32.1. The predicted octanol–water partition coefficient (Wildman–Crippen LogP) is 18.8. The van der Waals surface area contributed by atoms with E-state index in [4.69, 9.17) is 0 Å². The third-order valence-electron chi connectivity index (χ3n) is 14.3. The molecule has 0 fully saturated rings. The minimum Gasteiger partial charge on any atom is -0.310 e. The van der Waals surface area contributed by atoms with Crippen molar-refractivity contribution < 1.29 is 0 Å². The van der Waals surface area contributed by atoms with E-state index < -0.39 is 0 Å².